The van der Waals surface area contributed by atoms with E-state index >= 15 is 0 Å². The van der Waals surface area contributed by atoms with Gasteiger partial charge in [0.25, 0.3) is 0 Å². The van der Waals surface area contributed by atoms with Gasteiger partial charge in [0.15, 0.2) is 0 Å². The highest BCUT2D eigenvalue weighted by Gasteiger charge is 2.23. The van der Waals surface area contributed by atoms with Crippen LogP contribution in [0.25, 0.3) is 10.9 Å². The number of fused-ring (bicyclic) bond motifs is 1. The third-order valence-electron chi connectivity index (χ3n) is 3.41. The summed E-state index contributed by atoms with van der Waals surface area (Å²) >= 11 is 0. The molecule has 0 aliphatic carbocycles. The maximum Gasteiger partial charge on any atom is 0.338 e. The summed E-state index contributed by atoms with van der Waals surface area (Å²) in [5, 5.41) is 10.1. The number of aryl methyl sites for hydroxylation is 1. The van der Waals surface area contributed by atoms with Gasteiger partial charge in [-0.2, -0.15) is 0 Å². The minimum atomic E-state index is -0.952. The summed E-state index contributed by atoms with van der Waals surface area (Å²) in [6, 6.07) is 3.66. The van der Waals surface area contributed by atoms with Crippen LogP contribution in [-0.4, -0.2) is 29.8 Å². The summed E-state index contributed by atoms with van der Waals surface area (Å²) in [7, 11) is 1.57. The number of H-pyrrole nitrogens is 1. The monoisotopic (exact) mass is 277 g/mol. The zero-order valence-corrected chi connectivity index (χ0v) is 12.1. The third-order valence-corrected chi connectivity index (χ3v) is 3.41. The topological polar surface area (TPSA) is 71.5 Å². The van der Waals surface area contributed by atoms with Gasteiger partial charge in [0.2, 0.25) is 0 Å². The van der Waals surface area contributed by atoms with Crippen LogP contribution in [0.15, 0.2) is 12.1 Å². The Balaban J connectivity index is 2.81. The minimum Gasteiger partial charge on any atom is -0.496 e. The molecule has 1 aromatic heterocycles. The first-order valence-electron chi connectivity index (χ1n) is 6.55. The van der Waals surface area contributed by atoms with Gasteiger partial charge in [0.1, 0.15) is 5.75 Å². The molecule has 5 heteroatoms. The lowest BCUT2D eigenvalue weighted by Gasteiger charge is -2.17. The molecule has 1 heterocycles. The van der Waals surface area contributed by atoms with E-state index in [2.05, 4.69) is 4.98 Å². The minimum absolute atomic E-state index is 0.244. The normalized spacial score (nSPS) is 12.6. The number of ether oxygens (including phenoxy) is 2. The van der Waals surface area contributed by atoms with Gasteiger partial charge in [-0.25, -0.2) is 4.79 Å². The predicted molar refractivity (Wildman–Crippen MR) is 76.6 cm³/mol. The summed E-state index contributed by atoms with van der Waals surface area (Å²) in [6.45, 7) is 6.11. The molecule has 2 aromatic rings. The van der Waals surface area contributed by atoms with Crippen molar-refractivity contribution in [3.8, 4) is 5.75 Å². The Labute approximate surface area is 117 Å². The standard InChI is InChI=1S/C15H19NO4/c1-5-20-9(3)13-11(19-4)7-6-10-14(13)12(15(17)18)8(2)16-10/h6-7,9,16H,5H2,1-4H3,(H,17,18). The summed E-state index contributed by atoms with van der Waals surface area (Å²) in [4.78, 5) is 14.6. The third kappa shape index (κ3) is 2.25. The van der Waals surface area contributed by atoms with Crippen LogP contribution < -0.4 is 4.74 Å². The molecule has 1 unspecified atom stereocenters. The van der Waals surface area contributed by atoms with Crippen molar-refractivity contribution in [1.82, 2.24) is 4.98 Å². The fourth-order valence-corrected chi connectivity index (χ4v) is 2.61. The van der Waals surface area contributed by atoms with Crippen LogP contribution in [0.4, 0.5) is 0 Å². The van der Waals surface area contributed by atoms with Crippen LogP contribution in [0, 0.1) is 6.92 Å². The second-order valence-corrected chi connectivity index (χ2v) is 4.63. The Morgan fingerprint density at radius 1 is 1.45 bits per heavy atom. The van der Waals surface area contributed by atoms with Crippen molar-refractivity contribution < 1.29 is 19.4 Å². The molecule has 0 aliphatic heterocycles. The summed E-state index contributed by atoms with van der Waals surface area (Å²) in [5.74, 6) is -0.313. The number of aromatic nitrogens is 1. The van der Waals surface area contributed by atoms with Crippen LogP contribution in [0.3, 0.4) is 0 Å². The second kappa shape index (κ2) is 5.54. The number of aromatic amines is 1. The molecule has 0 saturated heterocycles. The maximum absolute atomic E-state index is 11.5. The maximum atomic E-state index is 11.5. The van der Waals surface area contributed by atoms with Crippen molar-refractivity contribution >= 4 is 16.9 Å². The van der Waals surface area contributed by atoms with Crippen LogP contribution in [0.1, 0.15) is 41.6 Å². The number of benzene rings is 1. The molecule has 0 fully saturated rings. The molecule has 0 bridgehead atoms. The molecule has 2 N–H and O–H groups in total. The van der Waals surface area contributed by atoms with Crippen LogP contribution in [0.2, 0.25) is 0 Å². The Morgan fingerprint density at radius 3 is 2.70 bits per heavy atom. The second-order valence-electron chi connectivity index (χ2n) is 4.63. The van der Waals surface area contributed by atoms with E-state index in [0.717, 1.165) is 11.1 Å². The predicted octanol–water partition coefficient (Wildman–Crippen LogP) is 3.28. The molecule has 0 radical (unpaired) electrons. The highest BCUT2D eigenvalue weighted by molar-refractivity contribution is 6.06. The summed E-state index contributed by atoms with van der Waals surface area (Å²) in [5.41, 5.74) is 2.46. The summed E-state index contributed by atoms with van der Waals surface area (Å²) in [6.07, 6.45) is -0.244. The van der Waals surface area contributed by atoms with Crippen molar-refractivity contribution in [2.24, 2.45) is 0 Å². The van der Waals surface area contributed by atoms with E-state index in [9.17, 15) is 9.90 Å². The van der Waals surface area contributed by atoms with Crippen molar-refractivity contribution in [2.45, 2.75) is 26.9 Å². The number of carboxylic acids is 1. The Morgan fingerprint density at radius 2 is 2.15 bits per heavy atom. The molecule has 5 nitrogen and oxygen atoms in total. The van der Waals surface area contributed by atoms with Crippen LogP contribution >= 0.6 is 0 Å². The molecule has 1 aromatic carbocycles. The van der Waals surface area contributed by atoms with E-state index in [1.54, 1.807) is 14.0 Å². The van der Waals surface area contributed by atoms with Gasteiger partial charge in [-0.05, 0) is 32.9 Å². The number of carbonyl (C=O) groups is 1. The number of hydrogen-bond acceptors (Lipinski definition) is 3. The van der Waals surface area contributed by atoms with Gasteiger partial charge in [-0.15, -0.1) is 0 Å². The quantitative estimate of drug-likeness (QED) is 0.879. The fraction of sp³-hybridized carbons (Fsp3) is 0.400. The van der Waals surface area contributed by atoms with Gasteiger partial charge in [-0.1, -0.05) is 0 Å². The first kappa shape index (κ1) is 14.4. The highest BCUT2D eigenvalue weighted by Crippen LogP contribution is 2.37. The fourth-order valence-electron chi connectivity index (χ4n) is 2.61. The highest BCUT2D eigenvalue weighted by atomic mass is 16.5. The number of hydrogen-bond donors (Lipinski definition) is 2. The van der Waals surface area contributed by atoms with Crippen LogP contribution in [0.5, 0.6) is 5.75 Å². The largest absolute Gasteiger partial charge is 0.496 e. The molecule has 2 rings (SSSR count). The average Bonchev–Trinajstić information content (AvgIpc) is 2.73. The smallest absolute Gasteiger partial charge is 0.338 e. The van der Waals surface area contributed by atoms with E-state index in [-0.39, 0.29) is 11.7 Å². The molecule has 108 valence electrons. The van der Waals surface area contributed by atoms with E-state index in [1.807, 2.05) is 26.0 Å². The molecule has 1 atom stereocenters. The van der Waals surface area contributed by atoms with Gasteiger partial charge in [0.05, 0.1) is 18.8 Å². The SMILES string of the molecule is CCOC(C)c1c(OC)ccc2[nH]c(C)c(C(=O)O)c12. The van der Waals surface area contributed by atoms with Crippen molar-refractivity contribution in [3.63, 3.8) is 0 Å². The Bertz CT molecular complexity index is 645. The lowest BCUT2D eigenvalue weighted by molar-refractivity contribution is 0.0696. The molecule has 0 aliphatic rings. The number of carboxylic acid groups (broad SMARTS) is 1. The summed E-state index contributed by atoms with van der Waals surface area (Å²) < 4.78 is 11.0. The first-order valence-corrected chi connectivity index (χ1v) is 6.55. The van der Waals surface area contributed by atoms with Gasteiger partial charge in [-0.3, -0.25) is 0 Å². The zero-order valence-electron chi connectivity index (χ0n) is 12.1. The molecular weight excluding hydrogens is 258 g/mol. The van der Waals surface area contributed by atoms with Gasteiger partial charge < -0.3 is 19.6 Å². The Hall–Kier alpha value is -2.01. The molecule has 0 amide bonds. The number of methoxy groups -OCH3 is 1. The zero-order chi connectivity index (χ0) is 14.9. The van der Waals surface area contributed by atoms with Crippen molar-refractivity contribution in [2.75, 3.05) is 13.7 Å². The van der Waals surface area contributed by atoms with Crippen molar-refractivity contribution in [3.05, 3.63) is 29.0 Å². The molecule has 0 saturated carbocycles. The first-order chi connectivity index (χ1) is 9.51. The molecular formula is C15H19NO4. The van der Waals surface area contributed by atoms with E-state index in [4.69, 9.17) is 9.47 Å². The average molecular weight is 277 g/mol. The van der Waals surface area contributed by atoms with Gasteiger partial charge >= 0.3 is 5.97 Å². The lowest BCUT2D eigenvalue weighted by atomic mass is 10.00. The number of rotatable bonds is 5. The number of aromatic carboxylic acids is 1. The van der Waals surface area contributed by atoms with E-state index in [0.29, 0.717) is 23.4 Å². The number of nitrogens with one attached hydrogen (secondary N) is 1. The van der Waals surface area contributed by atoms with E-state index < -0.39 is 5.97 Å². The Kier molecular flexibility index (Phi) is 3.99. The van der Waals surface area contributed by atoms with Gasteiger partial charge in [0, 0.05) is 28.8 Å². The van der Waals surface area contributed by atoms with Crippen molar-refractivity contribution in [1.29, 1.82) is 0 Å². The molecule has 0 spiro atoms. The molecule has 20 heavy (non-hydrogen) atoms. The lowest BCUT2D eigenvalue weighted by Crippen LogP contribution is -2.05. The van der Waals surface area contributed by atoms with Crippen LogP contribution in [-0.2, 0) is 4.74 Å². The van der Waals surface area contributed by atoms with E-state index in [1.165, 1.54) is 0 Å².